The third kappa shape index (κ3) is 3.62. The van der Waals surface area contributed by atoms with E-state index in [-0.39, 0.29) is 18.4 Å². The molecule has 1 unspecified atom stereocenters. The normalized spacial score (nSPS) is 30.3. The molecule has 3 heterocycles. The SMILES string of the molecule is C[C@H]1CCC(c2ccccc2)S(=O)(=O)N1Cc1ccc(N2C[C@@H]3[C@H](C2)[C@H]3n2cnnc2)cc1F. The lowest BCUT2D eigenvalue weighted by Gasteiger charge is -2.37. The zero-order valence-electron chi connectivity index (χ0n) is 19.0. The molecule has 0 N–H and O–H groups in total. The first kappa shape index (κ1) is 21.7. The summed E-state index contributed by atoms with van der Waals surface area (Å²) in [6.45, 7) is 3.72. The highest BCUT2D eigenvalue weighted by Crippen LogP contribution is 2.55. The van der Waals surface area contributed by atoms with Crippen molar-refractivity contribution in [1.82, 2.24) is 19.1 Å². The molecule has 9 heteroatoms. The Balaban J connectivity index is 1.17. The molecule has 0 amide bonds. The number of rotatable bonds is 5. The predicted octanol–water partition coefficient (Wildman–Crippen LogP) is 3.78. The second kappa shape index (κ2) is 8.16. The summed E-state index contributed by atoms with van der Waals surface area (Å²) in [4.78, 5) is 2.22. The molecule has 0 spiro atoms. The molecule has 0 radical (unpaired) electrons. The molecule has 1 aliphatic carbocycles. The maximum Gasteiger partial charge on any atom is 0.221 e. The van der Waals surface area contributed by atoms with Crippen LogP contribution in [0.5, 0.6) is 0 Å². The van der Waals surface area contributed by atoms with Crippen molar-refractivity contribution >= 4 is 15.7 Å². The van der Waals surface area contributed by atoms with Crippen molar-refractivity contribution < 1.29 is 12.8 Å². The summed E-state index contributed by atoms with van der Waals surface area (Å²) in [5.41, 5.74) is 2.07. The van der Waals surface area contributed by atoms with E-state index in [0.717, 1.165) is 30.8 Å². The zero-order valence-corrected chi connectivity index (χ0v) is 19.9. The molecule has 1 aromatic heterocycles. The van der Waals surface area contributed by atoms with Gasteiger partial charge in [0.2, 0.25) is 10.0 Å². The largest absolute Gasteiger partial charge is 0.371 e. The molecule has 34 heavy (non-hydrogen) atoms. The van der Waals surface area contributed by atoms with Crippen LogP contribution in [0, 0.1) is 17.7 Å². The van der Waals surface area contributed by atoms with Crippen LogP contribution >= 0.6 is 0 Å². The molecule has 3 fully saturated rings. The van der Waals surface area contributed by atoms with Gasteiger partial charge in [-0.05, 0) is 37.5 Å². The van der Waals surface area contributed by atoms with Crippen molar-refractivity contribution in [2.75, 3.05) is 18.0 Å². The Bertz CT molecular complexity index is 1270. The van der Waals surface area contributed by atoms with Crippen LogP contribution in [0.25, 0.3) is 0 Å². The molecule has 1 saturated carbocycles. The lowest BCUT2D eigenvalue weighted by molar-refractivity contribution is 0.279. The number of piperidine rings is 1. The van der Waals surface area contributed by atoms with Crippen molar-refractivity contribution in [2.24, 2.45) is 11.8 Å². The number of hydrogen-bond donors (Lipinski definition) is 0. The van der Waals surface area contributed by atoms with Gasteiger partial charge >= 0.3 is 0 Å². The zero-order chi connectivity index (χ0) is 23.4. The number of sulfonamides is 1. The standard InChI is InChI=1S/C25H28FN5O2S/c1-17-7-10-24(18-5-3-2-4-6-18)34(32,33)31(17)12-19-8-9-20(11-23(19)26)29-13-21-22(14-29)25(21)30-15-27-28-16-30/h2-6,8-9,11,15-17,21-22,24-25H,7,10,12-14H2,1H3/t17-,21-,22+,24?,25+/m0/s1. The minimum absolute atomic E-state index is 0.0555. The first-order valence-electron chi connectivity index (χ1n) is 11.9. The minimum atomic E-state index is -3.59. The molecule has 2 saturated heterocycles. The van der Waals surface area contributed by atoms with E-state index in [1.54, 1.807) is 24.8 Å². The highest BCUT2D eigenvalue weighted by molar-refractivity contribution is 7.89. The van der Waals surface area contributed by atoms with Gasteiger partial charge in [-0.3, -0.25) is 0 Å². The number of nitrogens with zero attached hydrogens (tertiary/aromatic N) is 5. The highest BCUT2D eigenvalue weighted by Gasteiger charge is 2.57. The lowest BCUT2D eigenvalue weighted by atomic mass is 10.0. The summed E-state index contributed by atoms with van der Waals surface area (Å²) < 4.78 is 45.7. The average Bonchev–Trinajstić information content (AvgIpc) is 3.20. The van der Waals surface area contributed by atoms with E-state index in [9.17, 15) is 8.42 Å². The number of halogens is 1. The Morgan fingerprint density at radius 2 is 1.71 bits per heavy atom. The fourth-order valence-corrected chi connectivity index (χ4v) is 8.08. The van der Waals surface area contributed by atoms with Crippen LogP contribution in [-0.4, -0.2) is 46.6 Å². The van der Waals surface area contributed by atoms with E-state index in [1.807, 2.05) is 43.3 Å². The summed E-state index contributed by atoms with van der Waals surface area (Å²) >= 11 is 0. The first-order valence-corrected chi connectivity index (χ1v) is 13.4. The van der Waals surface area contributed by atoms with Gasteiger partial charge in [0.15, 0.2) is 0 Å². The molecule has 5 atom stereocenters. The molecular formula is C25H28FN5O2S. The monoisotopic (exact) mass is 481 g/mol. The fraction of sp³-hybridized carbons (Fsp3) is 0.440. The minimum Gasteiger partial charge on any atom is -0.371 e. The van der Waals surface area contributed by atoms with Gasteiger partial charge in [-0.15, -0.1) is 10.2 Å². The Kier molecular flexibility index (Phi) is 5.22. The van der Waals surface area contributed by atoms with Crippen LogP contribution in [0.15, 0.2) is 61.2 Å². The number of aromatic nitrogens is 3. The Morgan fingerprint density at radius 1 is 1.00 bits per heavy atom. The lowest BCUT2D eigenvalue weighted by Crippen LogP contribution is -2.44. The third-order valence-electron chi connectivity index (χ3n) is 7.85. The second-order valence-corrected chi connectivity index (χ2v) is 11.9. The molecule has 2 aromatic carbocycles. The Morgan fingerprint density at radius 3 is 2.38 bits per heavy atom. The Hall–Kier alpha value is -2.78. The van der Waals surface area contributed by atoms with Gasteiger partial charge in [-0.25, -0.2) is 12.8 Å². The van der Waals surface area contributed by atoms with E-state index >= 15 is 4.39 Å². The molecule has 178 valence electrons. The summed E-state index contributed by atoms with van der Waals surface area (Å²) in [5.74, 6) is 0.721. The van der Waals surface area contributed by atoms with Crippen molar-refractivity contribution in [2.45, 2.75) is 43.6 Å². The molecule has 7 nitrogen and oxygen atoms in total. The van der Waals surface area contributed by atoms with E-state index < -0.39 is 15.3 Å². The van der Waals surface area contributed by atoms with E-state index in [0.29, 0.717) is 29.9 Å². The van der Waals surface area contributed by atoms with Crippen LogP contribution in [0.3, 0.4) is 0 Å². The summed E-state index contributed by atoms with van der Waals surface area (Å²) in [5, 5.41) is 7.21. The molecule has 3 aromatic rings. The summed E-state index contributed by atoms with van der Waals surface area (Å²) in [7, 11) is -3.59. The highest BCUT2D eigenvalue weighted by atomic mass is 32.2. The van der Waals surface area contributed by atoms with Gasteiger partial charge in [0.05, 0.1) is 0 Å². The average molecular weight is 482 g/mol. The van der Waals surface area contributed by atoms with Crippen molar-refractivity contribution in [1.29, 1.82) is 0 Å². The Labute approximate surface area is 199 Å². The van der Waals surface area contributed by atoms with Gasteiger partial charge in [0.25, 0.3) is 0 Å². The first-order chi connectivity index (χ1) is 16.4. The smallest absolute Gasteiger partial charge is 0.221 e. The summed E-state index contributed by atoms with van der Waals surface area (Å²) in [6, 6.07) is 14.8. The maximum absolute atomic E-state index is 15.2. The fourth-order valence-electron chi connectivity index (χ4n) is 5.89. The number of fused-ring (bicyclic) bond motifs is 1. The van der Waals surface area contributed by atoms with Gasteiger partial charge < -0.3 is 9.47 Å². The van der Waals surface area contributed by atoms with Crippen LogP contribution < -0.4 is 4.90 Å². The second-order valence-electron chi connectivity index (χ2n) is 9.82. The topological polar surface area (TPSA) is 71.3 Å². The number of benzene rings is 2. The van der Waals surface area contributed by atoms with Crippen molar-refractivity contribution in [3.05, 3.63) is 78.1 Å². The van der Waals surface area contributed by atoms with E-state index in [4.69, 9.17) is 0 Å². The van der Waals surface area contributed by atoms with Crippen molar-refractivity contribution in [3.8, 4) is 0 Å². The molecule has 3 aliphatic rings. The van der Waals surface area contributed by atoms with E-state index in [2.05, 4.69) is 19.7 Å². The maximum atomic E-state index is 15.2. The third-order valence-corrected chi connectivity index (χ3v) is 10.2. The molecule has 0 bridgehead atoms. The van der Waals surface area contributed by atoms with Crippen LogP contribution in [0.2, 0.25) is 0 Å². The summed E-state index contributed by atoms with van der Waals surface area (Å²) in [6.07, 6.45) is 4.86. The predicted molar refractivity (Wildman–Crippen MR) is 127 cm³/mol. The van der Waals surface area contributed by atoms with Gasteiger partial charge in [0.1, 0.15) is 23.7 Å². The van der Waals surface area contributed by atoms with Crippen LogP contribution in [0.1, 0.15) is 42.2 Å². The van der Waals surface area contributed by atoms with Crippen molar-refractivity contribution in [3.63, 3.8) is 0 Å². The van der Waals surface area contributed by atoms with Crippen LogP contribution in [0.4, 0.5) is 10.1 Å². The number of hydrogen-bond acceptors (Lipinski definition) is 5. The quantitative estimate of drug-likeness (QED) is 0.555. The van der Waals surface area contributed by atoms with E-state index in [1.165, 1.54) is 4.31 Å². The van der Waals surface area contributed by atoms with Crippen LogP contribution in [-0.2, 0) is 16.6 Å². The number of anilines is 1. The van der Waals surface area contributed by atoms with Gasteiger partial charge in [0, 0.05) is 54.8 Å². The molecular weight excluding hydrogens is 453 g/mol. The molecule has 6 rings (SSSR count). The van der Waals surface area contributed by atoms with Gasteiger partial charge in [-0.2, -0.15) is 4.31 Å². The van der Waals surface area contributed by atoms with Gasteiger partial charge in [-0.1, -0.05) is 36.4 Å². The molecule has 2 aliphatic heterocycles.